The van der Waals surface area contributed by atoms with Gasteiger partial charge in [0.05, 0.1) is 36.5 Å². The van der Waals surface area contributed by atoms with Crippen molar-refractivity contribution >= 4 is 17.7 Å². The molecule has 0 aliphatic carbocycles. The molecule has 1 unspecified atom stereocenters. The topological polar surface area (TPSA) is 73.2 Å². The molecule has 0 saturated carbocycles. The second-order valence-corrected chi connectivity index (χ2v) is 8.34. The van der Waals surface area contributed by atoms with Crippen LogP contribution in [0.2, 0.25) is 0 Å². The number of hydrogen-bond donors (Lipinski definition) is 2. The van der Waals surface area contributed by atoms with Crippen LogP contribution in [0.25, 0.3) is 0 Å². The first-order valence-corrected chi connectivity index (χ1v) is 10.7. The highest BCUT2D eigenvalue weighted by molar-refractivity contribution is 8.03. The average molecular weight is 423 g/mol. The Balaban J connectivity index is 2.06. The zero-order valence-corrected chi connectivity index (χ0v) is 17.5. The third kappa shape index (κ3) is 4.83. The molecule has 6 nitrogen and oxygen atoms in total. The van der Waals surface area contributed by atoms with Crippen molar-refractivity contribution in [2.45, 2.75) is 32.6 Å². The number of halogens is 1. The van der Waals surface area contributed by atoms with Crippen molar-refractivity contribution in [3.8, 4) is 0 Å². The maximum atomic E-state index is 13.8. The minimum absolute atomic E-state index is 0.0526. The van der Waals surface area contributed by atoms with Crippen LogP contribution in [0.15, 0.2) is 46.5 Å². The summed E-state index contributed by atoms with van der Waals surface area (Å²) >= 11 is 1.47. The van der Waals surface area contributed by atoms with Crippen molar-refractivity contribution in [2.75, 3.05) is 32.1 Å². The Labute approximate surface area is 174 Å². The monoisotopic (exact) mass is 422 g/mol. The number of aliphatic hydroxyl groups is 1. The Bertz CT molecular complexity index is 814. The maximum absolute atomic E-state index is 13.8. The third-order valence-corrected chi connectivity index (χ3v) is 6.15. The number of hydrogen-bond acceptors (Lipinski definition) is 6. The molecule has 158 valence electrons. The van der Waals surface area contributed by atoms with Gasteiger partial charge in [0.2, 0.25) is 0 Å². The van der Waals surface area contributed by atoms with Crippen molar-refractivity contribution < 1.29 is 24.1 Å². The highest BCUT2D eigenvalue weighted by atomic mass is 32.2. The summed E-state index contributed by atoms with van der Waals surface area (Å²) in [5.74, 6) is -0.592. The van der Waals surface area contributed by atoms with Crippen LogP contribution in [-0.4, -0.2) is 70.3 Å². The van der Waals surface area contributed by atoms with Gasteiger partial charge in [0, 0.05) is 13.1 Å². The number of carboxylic acid groups (broad SMARTS) is 1. The molecule has 2 aliphatic heterocycles. The van der Waals surface area contributed by atoms with E-state index in [-0.39, 0.29) is 30.2 Å². The van der Waals surface area contributed by atoms with E-state index in [4.69, 9.17) is 4.74 Å². The molecule has 2 N–H and O–H groups in total. The molecule has 3 rings (SSSR count). The van der Waals surface area contributed by atoms with Crippen LogP contribution in [-0.2, 0) is 16.1 Å². The summed E-state index contributed by atoms with van der Waals surface area (Å²) in [7, 11) is 0. The standard InChI is InChI=1S/C21H27FN2O4S/c1-3-29-20-19(21(26)27)14(2)9-18(23-7-8-28-13-17(23)12-25)24(20)11-15-5-4-6-16(22)10-15/h4-6,9-10,17-18,25H,3,7-8,11-13H2,1-2H3,(H,26,27)/t17-,18?/m1/s1. The molecule has 1 fully saturated rings. The summed E-state index contributed by atoms with van der Waals surface area (Å²) in [6.45, 7) is 5.67. The first-order valence-electron chi connectivity index (χ1n) is 9.70. The van der Waals surface area contributed by atoms with Crippen LogP contribution in [0.5, 0.6) is 0 Å². The van der Waals surface area contributed by atoms with Gasteiger partial charge in [-0.3, -0.25) is 4.90 Å². The smallest absolute Gasteiger partial charge is 0.338 e. The summed E-state index contributed by atoms with van der Waals surface area (Å²) in [5, 5.41) is 20.4. The average Bonchev–Trinajstić information content (AvgIpc) is 2.69. The highest BCUT2D eigenvalue weighted by Crippen LogP contribution is 2.37. The van der Waals surface area contributed by atoms with Crippen molar-refractivity contribution in [1.82, 2.24) is 9.80 Å². The van der Waals surface area contributed by atoms with E-state index < -0.39 is 5.97 Å². The lowest BCUT2D eigenvalue weighted by Crippen LogP contribution is -2.58. The molecule has 1 aromatic carbocycles. The fraction of sp³-hybridized carbons (Fsp3) is 0.476. The van der Waals surface area contributed by atoms with Gasteiger partial charge in [0.1, 0.15) is 12.0 Å². The minimum Gasteiger partial charge on any atom is -0.478 e. The number of rotatable bonds is 7. The van der Waals surface area contributed by atoms with Gasteiger partial charge in [-0.1, -0.05) is 19.1 Å². The number of ether oxygens (including phenoxy) is 1. The largest absolute Gasteiger partial charge is 0.478 e. The fourth-order valence-electron chi connectivity index (χ4n) is 3.83. The zero-order valence-electron chi connectivity index (χ0n) is 16.7. The first-order chi connectivity index (χ1) is 14.0. The molecule has 0 bridgehead atoms. The van der Waals surface area contributed by atoms with Gasteiger partial charge in [-0.2, -0.15) is 0 Å². The molecule has 1 saturated heterocycles. The Morgan fingerprint density at radius 2 is 2.21 bits per heavy atom. The molecule has 2 atom stereocenters. The summed E-state index contributed by atoms with van der Waals surface area (Å²) in [5.41, 5.74) is 1.73. The van der Waals surface area contributed by atoms with Gasteiger partial charge in [-0.05, 0) is 42.0 Å². The van der Waals surface area contributed by atoms with E-state index >= 15 is 0 Å². The van der Waals surface area contributed by atoms with Gasteiger partial charge < -0.3 is 19.8 Å². The van der Waals surface area contributed by atoms with E-state index in [9.17, 15) is 19.4 Å². The molecule has 8 heteroatoms. The van der Waals surface area contributed by atoms with E-state index in [1.807, 2.05) is 24.0 Å². The SMILES string of the molecule is CCSC1=C(C(=O)O)C(C)=CC(N2CCOC[C@H]2CO)N1Cc1cccc(F)c1. The van der Waals surface area contributed by atoms with Crippen molar-refractivity contribution in [1.29, 1.82) is 0 Å². The summed E-state index contributed by atoms with van der Waals surface area (Å²) in [6.07, 6.45) is 1.67. The molecule has 0 aromatic heterocycles. The molecule has 2 aliphatic rings. The van der Waals surface area contributed by atoms with Crippen LogP contribution < -0.4 is 0 Å². The Morgan fingerprint density at radius 3 is 2.86 bits per heavy atom. The Kier molecular flexibility index (Phi) is 7.34. The predicted molar refractivity (Wildman–Crippen MR) is 111 cm³/mol. The van der Waals surface area contributed by atoms with Crippen molar-refractivity contribution in [3.63, 3.8) is 0 Å². The molecular weight excluding hydrogens is 395 g/mol. The van der Waals surface area contributed by atoms with E-state index in [1.54, 1.807) is 13.0 Å². The van der Waals surface area contributed by atoms with Crippen LogP contribution in [0, 0.1) is 5.82 Å². The number of aliphatic hydroxyl groups excluding tert-OH is 1. The molecule has 29 heavy (non-hydrogen) atoms. The first kappa shape index (κ1) is 21.8. The second kappa shape index (κ2) is 9.75. The maximum Gasteiger partial charge on any atom is 0.338 e. The van der Waals surface area contributed by atoms with Gasteiger partial charge in [0.15, 0.2) is 0 Å². The summed E-state index contributed by atoms with van der Waals surface area (Å²) in [6, 6.07) is 6.17. The minimum atomic E-state index is -0.974. The summed E-state index contributed by atoms with van der Waals surface area (Å²) < 4.78 is 19.3. The zero-order chi connectivity index (χ0) is 21.0. The van der Waals surface area contributed by atoms with Crippen molar-refractivity contribution in [2.24, 2.45) is 0 Å². The second-order valence-electron chi connectivity index (χ2n) is 7.09. The van der Waals surface area contributed by atoms with Crippen LogP contribution in [0.4, 0.5) is 4.39 Å². The van der Waals surface area contributed by atoms with E-state index in [1.165, 1.54) is 23.9 Å². The van der Waals surface area contributed by atoms with E-state index in [0.717, 1.165) is 5.56 Å². The molecular formula is C21H27FN2O4S. The molecule has 0 radical (unpaired) electrons. The number of carboxylic acids is 1. The quantitative estimate of drug-likeness (QED) is 0.700. The van der Waals surface area contributed by atoms with Gasteiger partial charge >= 0.3 is 5.97 Å². The van der Waals surface area contributed by atoms with Crippen LogP contribution in [0.3, 0.4) is 0 Å². The number of benzene rings is 1. The normalized spacial score (nSPS) is 23.3. The number of carbonyl (C=O) groups is 1. The van der Waals surface area contributed by atoms with Gasteiger partial charge in [-0.25, -0.2) is 9.18 Å². The van der Waals surface area contributed by atoms with Crippen LogP contribution >= 0.6 is 11.8 Å². The summed E-state index contributed by atoms with van der Waals surface area (Å²) in [4.78, 5) is 16.2. The number of aliphatic carboxylic acids is 1. The molecule has 1 aromatic rings. The van der Waals surface area contributed by atoms with E-state index in [2.05, 4.69) is 4.90 Å². The lowest BCUT2D eigenvalue weighted by atomic mass is 10.0. The van der Waals surface area contributed by atoms with Crippen molar-refractivity contribution in [3.05, 3.63) is 57.9 Å². The molecule has 0 spiro atoms. The number of nitrogens with zero attached hydrogens (tertiary/aromatic N) is 2. The predicted octanol–water partition coefficient (Wildman–Crippen LogP) is 2.66. The van der Waals surface area contributed by atoms with Gasteiger partial charge in [0.25, 0.3) is 0 Å². The van der Waals surface area contributed by atoms with Gasteiger partial charge in [-0.15, -0.1) is 11.8 Å². The molecule has 0 amide bonds. The third-order valence-electron chi connectivity index (χ3n) is 5.15. The van der Waals surface area contributed by atoms with E-state index in [0.29, 0.717) is 42.7 Å². The number of thioether (sulfide) groups is 1. The Hall–Kier alpha value is -1.87. The fourth-order valence-corrected chi connectivity index (χ4v) is 4.83. The van der Waals surface area contributed by atoms with Crippen LogP contribution in [0.1, 0.15) is 19.4 Å². The highest BCUT2D eigenvalue weighted by Gasteiger charge is 2.37. The lowest BCUT2D eigenvalue weighted by molar-refractivity contribution is -0.132. The Morgan fingerprint density at radius 1 is 1.41 bits per heavy atom. The molecule has 2 heterocycles. The number of morpholine rings is 1. The lowest BCUT2D eigenvalue weighted by Gasteiger charge is -2.47.